The Morgan fingerprint density at radius 1 is 1.50 bits per heavy atom. The van der Waals surface area contributed by atoms with Gasteiger partial charge < -0.3 is 9.64 Å². The van der Waals surface area contributed by atoms with E-state index in [9.17, 15) is 4.79 Å². The van der Waals surface area contributed by atoms with E-state index in [0.717, 1.165) is 4.47 Å². The van der Waals surface area contributed by atoms with Crippen LogP contribution in [0.5, 0.6) is 5.75 Å². The van der Waals surface area contributed by atoms with E-state index >= 15 is 0 Å². The summed E-state index contributed by atoms with van der Waals surface area (Å²) in [5.41, 5.74) is 0.558. The van der Waals surface area contributed by atoms with Gasteiger partial charge in [-0.25, -0.2) is 0 Å². The van der Waals surface area contributed by atoms with Crippen molar-refractivity contribution in [2.24, 2.45) is 5.92 Å². The van der Waals surface area contributed by atoms with Crippen LogP contribution in [0.4, 0.5) is 0 Å². The van der Waals surface area contributed by atoms with Gasteiger partial charge in [0.25, 0.3) is 5.91 Å². The van der Waals surface area contributed by atoms with E-state index in [1.54, 1.807) is 30.2 Å². The molecule has 1 amide bonds. The molecule has 1 aromatic carbocycles. The number of nitrogens with zero attached hydrogens (tertiary/aromatic N) is 2. The highest BCUT2D eigenvalue weighted by Crippen LogP contribution is 2.24. The van der Waals surface area contributed by atoms with Gasteiger partial charge in [-0.05, 0) is 40.0 Å². The molecule has 20 heavy (non-hydrogen) atoms. The number of hydrogen-bond acceptors (Lipinski definition) is 3. The average molecular weight is 339 g/mol. The smallest absolute Gasteiger partial charge is 0.255 e. The van der Waals surface area contributed by atoms with Gasteiger partial charge in [0.15, 0.2) is 0 Å². The second kappa shape index (κ2) is 7.91. The summed E-state index contributed by atoms with van der Waals surface area (Å²) in [6.07, 6.45) is 0.333. The normalized spacial score (nSPS) is 10.2. The van der Waals surface area contributed by atoms with Crippen molar-refractivity contribution < 1.29 is 9.53 Å². The maximum absolute atomic E-state index is 12.6. The first-order valence-corrected chi connectivity index (χ1v) is 7.28. The lowest BCUT2D eigenvalue weighted by atomic mass is 10.1. The Balaban J connectivity index is 3.01. The van der Waals surface area contributed by atoms with Crippen LogP contribution in [-0.4, -0.2) is 31.0 Å². The molecule has 0 saturated carbocycles. The number of methoxy groups -OCH3 is 1. The van der Waals surface area contributed by atoms with Crippen molar-refractivity contribution in [2.75, 3.05) is 20.2 Å². The Morgan fingerprint density at radius 2 is 2.20 bits per heavy atom. The van der Waals surface area contributed by atoms with Crippen molar-refractivity contribution in [3.8, 4) is 11.8 Å². The summed E-state index contributed by atoms with van der Waals surface area (Å²) in [4.78, 5) is 14.3. The molecular formula is C15H19BrN2O2. The van der Waals surface area contributed by atoms with Crippen molar-refractivity contribution in [3.05, 3.63) is 28.2 Å². The second-order valence-corrected chi connectivity index (χ2v) is 5.75. The maximum atomic E-state index is 12.6. The van der Waals surface area contributed by atoms with Crippen molar-refractivity contribution in [1.29, 1.82) is 5.26 Å². The standard InChI is InChI=1S/C15H19BrN2O2/c1-11(2)10-18(8-4-7-17)15(19)13-9-12(20-3)5-6-14(13)16/h5-6,9,11H,4,8,10H2,1-3H3. The van der Waals surface area contributed by atoms with Gasteiger partial charge in [0.05, 0.1) is 25.2 Å². The molecule has 0 aliphatic heterocycles. The molecular weight excluding hydrogens is 320 g/mol. The number of carbonyl (C=O) groups excluding carboxylic acids is 1. The molecule has 0 spiro atoms. The number of benzene rings is 1. The topological polar surface area (TPSA) is 53.3 Å². The number of ether oxygens (including phenoxy) is 1. The Hall–Kier alpha value is -1.54. The minimum Gasteiger partial charge on any atom is -0.497 e. The number of carbonyl (C=O) groups is 1. The van der Waals surface area contributed by atoms with Crippen LogP contribution in [0.1, 0.15) is 30.6 Å². The number of nitriles is 1. The molecule has 0 heterocycles. The summed E-state index contributed by atoms with van der Waals surface area (Å²) in [6, 6.07) is 7.39. The highest BCUT2D eigenvalue weighted by atomic mass is 79.9. The van der Waals surface area contributed by atoms with Gasteiger partial charge in [-0.3, -0.25) is 4.79 Å². The fraction of sp³-hybridized carbons (Fsp3) is 0.467. The molecule has 0 aliphatic rings. The van der Waals surface area contributed by atoms with Crippen LogP contribution in [0.3, 0.4) is 0 Å². The number of halogens is 1. The lowest BCUT2D eigenvalue weighted by Crippen LogP contribution is -2.35. The van der Waals surface area contributed by atoms with Crippen molar-refractivity contribution in [3.63, 3.8) is 0 Å². The predicted octanol–water partition coefficient (Wildman–Crippen LogP) is 3.47. The first kappa shape index (κ1) is 16.5. The Bertz CT molecular complexity index is 509. The summed E-state index contributed by atoms with van der Waals surface area (Å²) < 4.78 is 5.89. The zero-order chi connectivity index (χ0) is 15.1. The molecule has 0 aromatic heterocycles. The number of amides is 1. The van der Waals surface area contributed by atoms with Gasteiger partial charge in [0.2, 0.25) is 0 Å². The molecule has 5 heteroatoms. The minimum absolute atomic E-state index is 0.0836. The summed E-state index contributed by atoms with van der Waals surface area (Å²) in [5.74, 6) is 0.906. The van der Waals surface area contributed by atoms with Crippen LogP contribution < -0.4 is 4.74 Å². The van der Waals surface area contributed by atoms with Crippen LogP contribution in [0.2, 0.25) is 0 Å². The van der Waals surface area contributed by atoms with E-state index in [1.807, 2.05) is 13.8 Å². The average Bonchev–Trinajstić information content (AvgIpc) is 2.43. The molecule has 0 bridgehead atoms. The molecule has 0 fully saturated rings. The van der Waals surface area contributed by atoms with Crippen molar-refractivity contribution in [1.82, 2.24) is 4.90 Å². The van der Waals surface area contributed by atoms with Crippen LogP contribution in [0.15, 0.2) is 22.7 Å². The third kappa shape index (κ3) is 4.53. The number of rotatable bonds is 6. The Kier molecular flexibility index (Phi) is 6.53. The zero-order valence-electron chi connectivity index (χ0n) is 12.0. The van der Waals surface area contributed by atoms with E-state index in [0.29, 0.717) is 36.7 Å². The maximum Gasteiger partial charge on any atom is 0.255 e. The lowest BCUT2D eigenvalue weighted by Gasteiger charge is -2.24. The fourth-order valence-electron chi connectivity index (χ4n) is 1.87. The highest BCUT2D eigenvalue weighted by molar-refractivity contribution is 9.10. The van der Waals surface area contributed by atoms with Crippen molar-refractivity contribution in [2.45, 2.75) is 20.3 Å². The molecule has 4 nitrogen and oxygen atoms in total. The lowest BCUT2D eigenvalue weighted by molar-refractivity contribution is 0.0738. The minimum atomic E-state index is -0.0836. The molecule has 0 N–H and O–H groups in total. The summed E-state index contributed by atoms with van der Waals surface area (Å²) >= 11 is 3.39. The van der Waals surface area contributed by atoms with E-state index in [2.05, 4.69) is 22.0 Å². The molecule has 0 radical (unpaired) electrons. The van der Waals surface area contributed by atoms with E-state index in [1.165, 1.54) is 0 Å². The summed E-state index contributed by atoms with van der Waals surface area (Å²) in [6.45, 7) is 5.17. The Morgan fingerprint density at radius 3 is 2.75 bits per heavy atom. The van der Waals surface area contributed by atoms with Gasteiger partial charge >= 0.3 is 0 Å². The molecule has 0 aliphatic carbocycles. The highest BCUT2D eigenvalue weighted by Gasteiger charge is 2.19. The third-order valence-corrected chi connectivity index (χ3v) is 3.46. The van der Waals surface area contributed by atoms with Crippen LogP contribution in [0.25, 0.3) is 0 Å². The Labute approximate surface area is 128 Å². The quantitative estimate of drug-likeness (QED) is 0.797. The van der Waals surface area contributed by atoms with E-state index in [4.69, 9.17) is 10.00 Å². The molecule has 0 unspecified atom stereocenters. The SMILES string of the molecule is COc1ccc(Br)c(C(=O)N(CCC#N)CC(C)C)c1. The monoisotopic (exact) mass is 338 g/mol. The van der Waals surface area contributed by atoms with E-state index < -0.39 is 0 Å². The van der Waals surface area contributed by atoms with E-state index in [-0.39, 0.29) is 5.91 Å². The molecule has 108 valence electrons. The van der Waals surface area contributed by atoms with Gasteiger partial charge in [-0.15, -0.1) is 0 Å². The molecule has 1 rings (SSSR count). The van der Waals surface area contributed by atoms with Crippen LogP contribution in [0, 0.1) is 17.2 Å². The predicted molar refractivity (Wildman–Crippen MR) is 81.7 cm³/mol. The number of hydrogen-bond donors (Lipinski definition) is 0. The van der Waals surface area contributed by atoms with Crippen molar-refractivity contribution >= 4 is 21.8 Å². The fourth-order valence-corrected chi connectivity index (χ4v) is 2.28. The zero-order valence-corrected chi connectivity index (χ0v) is 13.6. The summed E-state index contributed by atoms with van der Waals surface area (Å²) in [5, 5.41) is 8.72. The van der Waals surface area contributed by atoms with Gasteiger partial charge in [0.1, 0.15) is 5.75 Å². The molecule has 1 aromatic rings. The first-order valence-electron chi connectivity index (χ1n) is 6.49. The van der Waals surface area contributed by atoms with Crippen LogP contribution in [-0.2, 0) is 0 Å². The molecule has 0 atom stereocenters. The second-order valence-electron chi connectivity index (χ2n) is 4.90. The first-order chi connectivity index (χ1) is 9.49. The summed E-state index contributed by atoms with van der Waals surface area (Å²) in [7, 11) is 1.57. The largest absolute Gasteiger partial charge is 0.497 e. The van der Waals surface area contributed by atoms with Gasteiger partial charge in [-0.2, -0.15) is 5.26 Å². The molecule has 0 saturated heterocycles. The van der Waals surface area contributed by atoms with Gasteiger partial charge in [0, 0.05) is 17.6 Å². The third-order valence-electron chi connectivity index (χ3n) is 2.77. The van der Waals surface area contributed by atoms with Gasteiger partial charge in [-0.1, -0.05) is 13.8 Å². The van der Waals surface area contributed by atoms with Crippen LogP contribution >= 0.6 is 15.9 Å².